The van der Waals surface area contributed by atoms with E-state index in [0.717, 1.165) is 24.1 Å². The zero-order valence-corrected chi connectivity index (χ0v) is 11.4. The molecule has 0 saturated heterocycles. The molecule has 1 aromatic carbocycles. The fraction of sp³-hybridized carbons (Fsp3) is 0.467. The maximum absolute atomic E-state index is 12.1. The monoisotopic (exact) mass is 257 g/mol. The van der Waals surface area contributed by atoms with Gasteiger partial charge in [-0.15, -0.1) is 0 Å². The number of rotatable bonds is 3. The minimum atomic E-state index is -0.818. The number of nitrogens with zero attached hydrogens (tertiary/aromatic N) is 2. The van der Waals surface area contributed by atoms with Gasteiger partial charge in [0, 0.05) is 12.1 Å². The van der Waals surface area contributed by atoms with Crippen molar-refractivity contribution in [2.75, 3.05) is 11.4 Å². The standard InChI is InChI=1S/C15H19N3O/c1-15(2,10-17)18-13-5-3-11(7-8-16)9-12(13)4-6-14(18)19/h3,5,9H,4,6-8,16H2,1-2H3. The van der Waals surface area contributed by atoms with Crippen LogP contribution in [0.3, 0.4) is 0 Å². The first-order valence-corrected chi connectivity index (χ1v) is 6.56. The van der Waals surface area contributed by atoms with Crippen molar-refractivity contribution in [3.63, 3.8) is 0 Å². The van der Waals surface area contributed by atoms with E-state index in [4.69, 9.17) is 5.73 Å². The van der Waals surface area contributed by atoms with Gasteiger partial charge in [-0.25, -0.2) is 0 Å². The van der Waals surface area contributed by atoms with E-state index < -0.39 is 5.54 Å². The van der Waals surface area contributed by atoms with Crippen molar-refractivity contribution in [2.24, 2.45) is 5.73 Å². The number of anilines is 1. The molecule has 1 aliphatic heterocycles. The summed E-state index contributed by atoms with van der Waals surface area (Å²) in [5.74, 6) is 0.0191. The molecule has 1 aromatic rings. The molecule has 1 aliphatic rings. The quantitative estimate of drug-likeness (QED) is 0.897. The average molecular weight is 257 g/mol. The van der Waals surface area contributed by atoms with Gasteiger partial charge >= 0.3 is 0 Å². The Morgan fingerprint density at radius 2 is 2.16 bits per heavy atom. The summed E-state index contributed by atoms with van der Waals surface area (Å²) in [5.41, 5.74) is 7.93. The van der Waals surface area contributed by atoms with Gasteiger partial charge in [0.05, 0.1) is 6.07 Å². The largest absolute Gasteiger partial charge is 0.330 e. The number of fused-ring (bicyclic) bond motifs is 1. The fourth-order valence-corrected chi connectivity index (χ4v) is 2.53. The van der Waals surface area contributed by atoms with E-state index >= 15 is 0 Å². The second-order valence-corrected chi connectivity index (χ2v) is 5.40. The van der Waals surface area contributed by atoms with Crippen LogP contribution in [0, 0.1) is 11.3 Å². The number of hydrogen-bond donors (Lipinski definition) is 1. The molecule has 0 saturated carbocycles. The van der Waals surface area contributed by atoms with Crippen LogP contribution < -0.4 is 10.6 Å². The number of carbonyl (C=O) groups is 1. The highest BCUT2D eigenvalue weighted by Crippen LogP contribution is 2.33. The molecule has 1 heterocycles. The summed E-state index contributed by atoms with van der Waals surface area (Å²) < 4.78 is 0. The average Bonchev–Trinajstić information content (AvgIpc) is 2.39. The molecule has 100 valence electrons. The molecular weight excluding hydrogens is 238 g/mol. The smallest absolute Gasteiger partial charge is 0.228 e. The van der Waals surface area contributed by atoms with E-state index in [9.17, 15) is 10.1 Å². The summed E-state index contributed by atoms with van der Waals surface area (Å²) >= 11 is 0. The summed E-state index contributed by atoms with van der Waals surface area (Å²) in [6, 6.07) is 8.25. The van der Waals surface area contributed by atoms with Crippen LogP contribution in [0.1, 0.15) is 31.4 Å². The first-order chi connectivity index (χ1) is 8.99. The zero-order valence-electron chi connectivity index (χ0n) is 11.4. The molecule has 4 heteroatoms. The minimum Gasteiger partial charge on any atom is -0.330 e. The molecule has 19 heavy (non-hydrogen) atoms. The summed E-state index contributed by atoms with van der Waals surface area (Å²) in [6.07, 6.45) is 2.04. The Morgan fingerprint density at radius 3 is 2.79 bits per heavy atom. The van der Waals surface area contributed by atoms with E-state index in [1.54, 1.807) is 18.7 Å². The van der Waals surface area contributed by atoms with Crippen LogP contribution in [0.2, 0.25) is 0 Å². The van der Waals surface area contributed by atoms with E-state index in [0.29, 0.717) is 13.0 Å². The van der Waals surface area contributed by atoms with Gasteiger partial charge in [0.1, 0.15) is 5.54 Å². The van der Waals surface area contributed by atoms with Crippen molar-refractivity contribution in [2.45, 2.75) is 38.6 Å². The lowest BCUT2D eigenvalue weighted by Gasteiger charge is -2.37. The third kappa shape index (κ3) is 2.47. The molecule has 0 aromatic heterocycles. The lowest BCUT2D eigenvalue weighted by molar-refractivity contribution is -0.119. The van der Waals surface area contributed by atoms with Crippen molar-refractivity contribution >= 4 is 11.6 Å². The fourth-order valence-electron chi connectivity index (χ4n) is 2.53. The summed E-state index contributed by atoms with van der Waals surface area (Å²) in [7, 11) is 0. The van der Waals surface area contributed by atoms with Gasteiger partial charge in [-0.3, -0.25) is 9.69 Å². The summed E-state index contributed by atoms with van der Waals surface area (Å²) in [4.78, 5) is 13.8. The Hall–Kier alpha value is -1.86. The number of nitriles is 1. The van der Waals surface area contributed by atoms with E-state index in [-0.39, 0.29) is 5.91 Å². The van der Waals surface area contributed by atoms with Crippen LogP contribution >= 0.6 is 0 Å². The van der Waals surface area contributed by atoms with Gasteiger partial charge in [0.2, 0.25) is 5.91 Å². The predicted octanol–water partition coefficient (Wildman–Crippen LogP) is 1.77. The van der Waals surface area contributed by atoms with E-state index in [1.165, 1.54) is 5.56 Å². The van der Waals surface area contributed by atoms with Gasteiger partial charge in [-0.05, 0) is 50.4 Å². The normalized spacial score (nSPS) is 15.1. The Morgan fingerprint density at radius 1 is 1.42 bits per heavy atom. The molecule has 0 spiro atoms. The SMILES string of the molecule is CC(C)(C#N)N1C(=O)CCc2cc(CCN)ccc21. The molecule has 0 atom stereocenters. The maximum Gasteiger partial charge on any atom is 0.228 e. The Kier molecular flexibility index (Phi) is 3.59. The number of aryl methyl sites for hydroxylation is 1. The first-order valence-electron chi connectivity index (χ1n) is 6.56. The van der Waals surface area contributed by atoms with Crippen LogP contribution in [0.25, 0.3) is 0 Å². The molecule has 2 rings (SSSR count). The molecule has 1 amide bonds. The lowest BCUT2D eigenvalue weighted by Crippen LogP contribution is -2.49. The molecule has 4 nitrogen and oxygen atoms in total. The van der Waals surface area contributed by atoms with Crippen molar-refractivity contribution in [1.82, 2.24) is 0 Å². The molecule has 2 N–H and O–H groups in total. The minimum absolute atomic E-state index is 0.0191. The maximum atomic E-state index is 12.1. The third-order valence-corrected chi connectivity index (χ3v) is 3.51. The number of carbonyl (C=O) groups excluding carboxylic acids is 1. The van der Waals surface area contributed by atoms with Crippen LogP contribution in [0.4, 0.5) is 5.69 Å². The van der Waals surface area contributed by atoms with Crippen molar-refractivity contribution in [3.05, 3.63) is 29.3 Å². The van der Waals surface area contributed by atoms with Gasteiger partial charge in [-0.1, -0.05) is 12.1 Å². The second-order valence-electron chi connectivity index (χ2n) is 5.40. The molecule has 0 radical (unpaired) electrons. The molecular formula is C15H19N3O. The number of hydrogen-bond acceptors (Lipinski definition) is 3. The molecule has 0 bridgehead atoms. The topological polar surface area (TPSA) is 70.1 Å². The van der Waals surface area contributed by atoms with Gasteiger partial charge in [0.15, 0.2) is 0 Å². The molecule has 0 aliphatic carbocycles. The Bertz CT molecular complexity index is 543. The van der Waals surface area contributed by atoms with Gasteiger partial charge in [-0.2, -0.15) is 5.26 Å². The van der Waals surface area contributed by atoms with Crippen molar-refractivity contribution in [3.8, 4) is 6.07 Å². The van der Waals surface area contributed by atoms with Gasteiger partial charge in [0.25, 0.3) is 0 Å². The second kappa shape index (κ2) is 5.02. The number of amides is 1. The highest BCUT2D eigenvalue weighted by molar-refractivity contribution is 5.98. The highest BCUT2D eigenvalue weighted by atomic mass is 16.2. The molecule has 0 unspecified atom stereocenters. The van der Waals surface area contributed by atoms with Crippen LogP contribution in [0.5, 0.6) is 0 Å². The van der Waals surface area contributed by atoms with E-state index in [1.807, 2.05) is 12.1 Å². The Balaban J connectivity index is 2.46. The lowest BCUT2D eigenvalue weighted by atomic mass is 9.93. The third-order valence-electron chi connectivity index (χ3n) is 3.51. The summed E-state index contributed by atoms with van der Waals surface area (Å²) in [5, 5.41) is 9.27. The van der Waals surface area contributed by atoms with Crippen LogP contribution in [-0.2, 0) is 17.6 Å². The Labute approximate surface area is 113 Å². The van der Waals surface area contributed by atoms with Crippen molar-refractivity contribution in [1.29, 1.82) is 5.26 Å². The zero-order chi connectivity index (χ0) is 14.0. The number of nitrogens with two attached hydrogens (primary N) is 1. The highest BCUT2D eigenvalue weighted by Gasteiger charge is 2.35. The van der Waals surface area contributed by atoms with Crippen LogP contribution in [0.15, 0.2) is 18.2 Å². The van der Waals surface area contributed by atoms with Gasteiger partial charge < -0.3 is 5.73 Å². The van der Waals surface area contributed by atoms with E-state index in [2.05, 4.69) is 12.1 Å². The van der Waals surface area contributed by atoms with Crippen molar-refractivity contribution < 1.29 is 4.79 Å². The molecule has 0 fully saturated rings. The first kappa shape index (κ1) is 13.6. The van der Waals surface area contributed by atoms with Crippen LogP contribution in [-0.4, -0.2) is 18.0 Å². The predicted molar refractivity (Wildman–Crippen MR) is 74.7 cm³/mol. The number of benzene rings is 1. The summed E-state index contributed by atoms with van der Waals surface area (Å²) in [6.45, 7) is 4.16.